The predicted octanol–water partition coefficient (Wildman–Crippen LogP) is 4.07. The highest BCUT2D eigenvalue weighted by molar-refractivity contribution is 7.92. The largest absolute Gasteiger partial charge is 0.497 e. The molecule has 0 spiro atoms. The van der Waals surface area contributed by atoms with Crippen molar-refractivity contribution in [3.63, 3.8) is 0 Å². The minimum absolute atomic E-state index is 0.143. The summed E-state index contributed by atoms with van der Waals surface area (Å²) in [4.78, 5) is 12.8. The summed E-state index contributed by atoms with van der Waals surface area (Å²) in [7, 11) is -0.791. The van der Waals surface area contributed by atoms with Crippen molar-refractivity contribution in [2.45, 2.75) is 25.3 Å². The van der Waals surface area contributed by atoms with Crippen molar-refractivity contribution in [1.82, 2.24) is 5.32 Å². The minimum Gasteiger partial charge on any atom is -0.497 e. The van der Waals surface area contributed by atoms with Gasteiger partial charge in [0, 0.05) is 19.2 Å². The number of anilines is 1. The number of amides is 1. The Balaban J connectivity index is 1.81. The predicted molar refractivity (Wildman–Crippen MR) is 122 cm³/mol. The van der Waals surface area contributed by atoms with E-state index in [1.165, 1.54) is 30.6 Å². The Bertz CT molecular complexity index is 1170. The highest BCUT2D eigenvalue weighted by atomic mass is 32.2. The second kappa shape index (κ2) is 9.22. The number of hydrogen-bond donors (Lipinski definition) is 1. The Morgan fingerprint density at radius 3 is 2.23 bits per heavy atom. The molecule has 3 aromatic rings. The first-order chi connectivity index (χ1) is 14.7. The molecule has 0 atom stereocenters. The van der Waals surface area contributed by atoms with Crippen molar-refractivity contribution < 1.29 is 17.9 Å². The number of carbonyl (C=O) groups is 1. The normalized spacial score (nSPS) is 11.1. The molecule has 0 saturated heterocycles. The minimum atomic E-state index is -3.80. The molecule has 0 fully saturated rings. The van der Waals surface area contributed by atoms with Crippen molar-refractivity contribution in [2.24, 2.45) is 0 Å². The van der Waals surface area contributed by atoms with Crippen molar-refractivity contribution in [3.05, 3.63) is 89.0 Å². The van der Waals surface area contributed by atoms with Gasteiger partial charge in [-0.3, -0.25) is 9.10 Å². The Kier molecular flexibility index (Phi) is 6.65. The zero-order valence-electron chi connectivity index (χ0n) is 18.0. The quantitative estimate of drug-likeness (QED) is 0.603. The third-order valence-electron chi connectivity index (χ3n) is 5.10. The number of nitrogens with one attached hydrogen (secondary N) is 1. The fraction of sp³-hybridized carbons (Fsp3) is 0.208. The molecule has 0 unspecified atom stereocenters. The molecule has 3 aromatic carbocycles. The second-order valence-electron chi connectivity index (χ2n) is 7.32. The van der Waals surface area contributed by atoms with Gasteiger partial charge in [-0.25, -0.2) is 8.42 Å². The third kappa shape index (κ3) is 5.06. The molecule has 0 radical (unpaired) electrons. The lowest BCUT2D eigenvalue weighted by Crippen LogP contribution is -2.28. The van der Waals surface area contributed by atoms with Crippen LogP contribution in [-0.4, -0.2) is 28.5 Å². The lowest BCUT2D eigenvalue weighted by molar-refractivity contribution is 0.0951. The Morgan fingerprint density at radius 1 is 0.968 bits per heavy atom. The molecule has 0 heterocycles. The van der Waals surface area contributed by atoms with Crippen LogP contribution in [0.1, 0.15) is 27.0 Å². The summed E-state index contributed by atoms with van der Waals surface area (Å²) in [5.41, 5.74) is 3.72. The number of methoxy groups -OCH3 is 1. The van der Waals surface area contributed by atoms with Gasteiger partial charge in [0.2, 0.25) is 0 Å². The van der Waals surface area contributed by atoms with E-state index >= 15 is 0 Å². The van der Waals surface area contributed by atoms with Crippen LogP contribution in [0, 0.1) is 13.8 Å². The first-order valence-corrected chi connectivity index (χ1v) is 11.2. The molecule has 1 amide bonds. The second-order valence-corrected chi connectivity index (χ2v) is 9.29. The lowest BCUT2D eigenvalue weighted by atomic mass is 10.1. The van der Waals surface area contributed by atoms with Crippen LogP contribution < -0.4 is 14.4 Å². The third-order valence-corrected chi connectivity index (χ3v) is 6.89. The van der Waals surface area contributed by atoms with Crippen molar-refractivity contribution in [3.8, 4) is 5.75 Å². The average molecular weight is 439 g/mol. The van der Waals surface area contributed by atoms with Crippen LogP contribution in [0.25, 0.3) is 0 Å². The van der Waals surface area contributed by atoms with Crippen LogP contribution >= 0.6 is 0 Å². The molecule has 0 saturated carbocycles. The van der Waals surface area contributed by atoms with Gasteiger partial charge in [-0.05, 0) is 61.4 Å². The van der Waals surface area contributed by atoms with Gasteiger partial charge >= 0.3 is 0 Å². The summed E-state index contributed by atoms with van der Waals surface area (Å²) in [6, 6.07) is 19.1. The molecule has 0 aliphatic heterocycles. The molecule has 7 heteroatoms. The van der Waals surface area contributed by atoms with E-state index < -0.39 is 10.0 Å². The van der Waals surface area contributed by atoms with Gasteiger partial charge < -0.3 is 10.1 Å². The summed E-state index contributed by atoms with van der Waals surface area (Å²) < 4.78 is 32.5. The van der Waals surface area contributed by atoms with Crippen LogP contribution in [0.2, 0.25) is 0 Å². The van der Waals surface area contributed by atoms with E-state index in [-0.39, 0.29) is 10.8 Å². The van der Waals surface area contributed by atoms with E-state index in [9.17, 15) is 13.2 Å². The Morgan fingerprint density at radius 2 is 1.61 bits per heavy atom. The number of aryl methyl sites for hydroxylation is 2. The molecule has 31 heavy (non-hydrogen) atoms. The van der Waals surface area contributed by atoms with Gasteiger partial charge in [0.1, 0.15) is 5.75 Å². The van der Waals surface area contributed by atoms with E-state index in [2.05, 4.69) is 5.32 Å². The topological polar surface area (TPSA) is 75.7 Å². The molecule has 0 aromatic heterocycles. The van der Waals surface area contributed by atoms with Crippen molar-refractivity contribution in [2.75, 3.05) is 18.5 Å². The molecule has 6 nitrogen and oxygen atoms in total. The van der Waals surface area contributed by atoms with Crippen LogP contribution in [0.5, 0.6) is 5.75 Å². The molecule has 1 N–H and O–H groups in total. The van der Waals surface area contributed by atoms with E-state index in [0.717, 1.165) is 16.7 Å². The molecular weight excluding hydrogens is 412 g/mol. The summed E-state index contributed by atoms with van der Waals surface area (Å²) >= 11 is 0. The smallest absolute Gasteiger partial charge is 0.264 e. The maximum absolute atomic E-state index is 13.1. The maximum atomic E-state index is 13.1. The number of nitrogens with zero attached hydrogens (tertiary/aromatic N) is 1. The zero-order valence-corrected chi connectivity index (χ0v) is 18.9. The summed E-state index contributed by atoms with van der Waals surface area (Å²) in [6.45, 7) is 4.21. The van der Waals surface area contributed by atoms with Gasteiger partial charge in [-0.15, -0.1) is 0 Å². The molecule has 0 bridgehead atoms. The number of carbonyl (C=O) groups excluding carboxylic acids is 1. The van der Waals surface area contributed by atoms with Crippen LogP contribution in [0.4, 0.5) is 5.69 Å². The molecule has 162 valence electrons. The van der Waals surface area contributed by atoms with E-state index in [1.807, 2.05) is 38.1 Å². The lowest BCUT2D eigenvalue weighted by Gasteiger charge is -2.22. The first-order valence-electron chi connectivity index (χ1n) is 9.80. The van der Waals surface area contributed by atoms with Gasteiger partial charge in [-0.2, -0.15) is 0 Å². The average Bonchev–Trinajstić information content (AvgIpc) is 2.78. The first kappa shape index (κ1) is 22.4. The van der Waals surface area contributed by atoms with Gasteiger partial charge in [0.15, 0.2) is 0 Å². The standard InChI is InChI=1S/C24H26N2O4S/c1-17-5-8-19(9-6-17)16-25-24(27)20-10-7-18(2)23(15-20)26(3)31(28,29)22-13-11-21(30-4)12-14-22/h5-15H,16H2,1-4H3,(H,25,27). The van der Waals surface area contributed by atoms with Gasteiger partial charge in [0.05, 0.1) is 17.7 Å². The van der Waals surface area contributed by atoms with E-state index in [0.29, 0.717) is 23.5 Å². The van der Waals surface area contributed by atoms with E-state index in [1.54, 1.807) is 30.3 Å². The molecule has 0 aliphatic rings. The number of rotatable bonds is 7. The SMILES string of the molecule is COc1ccc(S(=O)(=O)N(C)c2cc(C(=O)NCc3ccc(C)cc3)ccc2C)cc1. The fourth-order valence-corrected chi connectivity index (χ4v) is 4.37. The van der Waals surface area contributed by atoms with Crippen molar-refractivity contribution in [1.29, 1.82) is 0 Å². The zero-order chi connectivity index (χ0) is 22.6. The number of sulfonamides is 1. The maximum Gasteiger partial charge on any atom is 0.264 e. The Labute approximate surface area is 183 Å². The molecular formula is C24H26N2O4S. The molecule has 0 aliphatic carbocycles. The van der Waals surface area contributed by atoms with Crippen LogP contribution in [-0.2, 0) is 16.6 Å². The molecule has 3 rings (SSSR count). The van der Waals surface area contributed by atoms with E-state index in [4.69, 9.17) is 4.74 Å². The highest BCUT2D eigenvalue weighted by Crippen LogP contribution is 2.27. The Hall–Kier alpha value is -3.32. The summed E-state index contributed by atoms with van der Waals surface area (Å²) in [6.07, 6.45) is 0. The summed E-state index contributed by atoms with van der Waals surface area (Å²) in [5.74, 6) is 0.307. The summed E-state index contributed by atoms with van der Waals surface area (Å²) in [5, 5.41) is 2.88. The van der Waals surface area contributed by atoms with Gasteiger partial charge in [0.25, 0.3) is 15.9 Å². The van der Waals surface area contributed by atoms with Crippen LogP contribution in [0.3, 0.4) is 0 Å². The number of hydrogen-bond acceptors (Lipinski definition) is 4. The number of ether oxygens (including phenoxy) is 1. The van der Waals surface area contributed by atoms with Gasteiger partial charge in [-0.1, -0.05) is 35.9 Å². The monoisotopic (exact) mass is 438 g/mol. The van der Waals surface area contributed by atoms with Crippen LogP contribution in [0.15, 0.2) is 71.6 Å². The van der Waals surface area contributed by atoms with Crippen molar-refractivity contribution >= 4 is 21.6 Å². The fourth-order valence-electron chi connectivity index (χ4n) is 3.12. The highest BCUT2D eigenvalue weighted by Gasteiger charge is 2.23. The number of benzene rings is 3.